The molecule has 0 saturated heterocycles. The number of amides is 2. The zero-order valence-electron chi connectivity index (χ0n) is 22.0. The van der Waals surface area contributed by atoms with Crippen LogP contribution in [0.15, 0.2) is 101 Å². The van der Waals surface area contributed by atoms with Gasteiger partial charge in [-0.05, 0) is 47.9 Å². The Kier molecular flexibility index (Phi) is 7.50. The van der Waals surface area contributed by atoms with Crippen molar-refractivity contribution in [2.45, 2.75) is 0 Å². The number of aromatic hydroxyl groups is 1. The summed E-state index contributed by atoms with van der Waals surface area (Å²) in [6.07, 6.45) is 1.29. The number of aromatic nitrogens is 2. The summed E-state index contributed by atoms with van der Waals surface area (Å²) in [5.41, 5.74) is 1.42. The van der Waals surface area contributed by atoms with E-state index in [1.54, 1.807) is 61.6 Å². The lowest BCUT2D eigenvalue weighted by molar-refractivity contribution is 0.0601. The van der Waals surface area contributed by atoms with Gasteiger partial charge in [-0.3, -0.25) is 9.59 Å². The van der Waals surface area contributed by atoms with Crippen molar-refractivity contribution in [1.82, 2.24) is 9.78 Å². The molecular formula is C30H24N6O5. The highest BCUT2D eigenvalue weighted by Gasteiger charge is 2.21. The number of hydrogen-bond acceptors (Lipinski definition) is 8. The fourth-order valence-electron chi connectivity index (χ4n) is 4.14. The van der Waals surface area contributed by atoms with Crippen LogP contribution >= 0.6 is 0 Å². The lowest BCUT2D eigenvalue weighted by atomic mass is 10.0. The third-order valence-electron chi connectivity index (χ3n) is 6.21. The second kappa shape index (κ2) is 11.5. The van der Waals surface area contributed by atoms with Crippen molar-refractivity contribution in [2.24, 2.45) is 17.3 Å². The number of benzene rings is 4. The summed E-state index contributed by atoms with van der Waals surface area (Å²) < 4.78 is 6.11. The van der Waals surface area contributed by atoms with Crippen molar-refractivity contribution >= 4 is 51.4 Å². The quantitative estimate of drug-likeness (QED) is 0.168. The van der Waals surface area contributed by atoms with Gasteiger partial charge in [0.2, 0.25) is 0 Å². The van der Waals surface area contributed by atoms with Crippen LogP contribution < -0.4 is 10.6 Å². The molecule has 0 atom stereocenters. The Morgan fingerprint density at radius 1 is 0.829 bits per heavy atom. The molecule has 2 amide bonds. The number of phenols is 1. The van der Waals surface area contributed by atoms with Crippen LogP contribution in [0.25, 0.3) is 10.8 Å². The molecule has 0 aliphatic heterocycles. The topological polar surface area (TPSA) is 147 Å². The van der Waals surface area contributed by atoms with Gasteiger partial charge in [-0.15, -0.1) is 10.2 Å². The Labute approximate surface area is 234 Å². The molecule has 0 unspecified atom stereocenters. The van der Waals surface area contributed by atoms with Crippen LogP contribution in [0.1, 0.15) is 31.1 Å². The van der Waals surface area contributed by atoms with Crippen molar-refractivity contribution in [1.29, 1.82) is 0 Å². The van der Waals surface area contributed by atoms with Gasteiger partial charge in [0.1, 0.15) is 11.3 Å². The summed E-state index contributed by atoms with van der Waals surface area (Å²) in [5.74, 6) is -1.96. The van der Waals surface area contributed by atoms with E-state index in [2.05, 4.69) is 26.0 Å². The highest BCUT2D eigenvalue weighted by Crippen LogP contribution is 2.40. The van der Waals surface area contributed by atoms with Gasteiger partial charge < -0.3 is 20.5 Å². The van der Waals surface area contributed by atoms with E-state index in [4.69, 9.17) is 4.74 Å². The first-order chi connectivity index (χ1) is 19.9. The van der Waals surface area contributed by atoms with E-state index >= 15 is 0 Å². The third-order valence-corrected chi connectivity index (χ3v) is 6.21. The van der Waals surface area contributed by atoms with Gasteiger partial charge in [0.25, 0.3) is 11.8 Å². The van der Waals surface area contributed by atoms with Gasteiger partial charge in [-0.25, -0.2) is 9.48 Å². The minimum atomic E-state index is -0.661. The molecule has 0 radical (unpaired) electrons. The molecule has 41 heavy (non-hydrogen) atoms. The summed E-state index contributed by atoms with van der Waals surface area (Å²) in [7, 11) is 2.80. The van der Waals surface area contributed by atoms with Gasteiger partial charge in [0.15, 0.2) is 11.6 Å². The Morgan fingerprint density at radius 2 is 1.46 bits per heavy atom. The Balaban J connectivity index is 1.61. The number of azo groups is 1. The van der Waals surface area contributed by atoms with Crippen LogP contribution in [-0.4, -0.2) is 39.8 Å². The summed E-state index contributed by atoms with van der Waals surface area (Å²) >= 11 is 0. The summed E-state index contributed by atoms with van der Waals surface area (Å²) in [5, 5.41) is 30.1. The van der Waals surface area contributed by atoms with Crippen molar-refractivity contribution < 1.29 is 24.2 Å². The molecule has 204 valence electrons. The standard InChI is InChI=1S/C30H24N6O5/c1-36-27(24(17-31-36)30(40)41-2)35-34-25-22-14-13-18(28(38)32-20-9-5-3-6-10-20)15-19(22)16-23(26(25)37)29(39)33-21-11-7-4-8-12-21/h3-17,37H,1-2H3,(H,32,38)(H,33,39)/b35-34+. The zero-order valence-corrected chi connectivity index (χ0v) is 22.0. The van der Waals surface area contributed by atoms with Crippen LogP contribution in [0.2, 0.25) is 0 Å². The highest BCUT2D eigenvalue weighted by molar-refractivity contribution is 6.13. The SMILES string of the molecule is COC(=O)c1cnn(C)c1/N=N/c1c(O)c(C(=O)Nc2ccccc2)cc2cc(C(=O)Nc3ccccc3)ccc12. The Hall–Kier alpha value is -5.84. The van der Waals surface area contributed by atoms with E-state index in [9.17, 15) is 19.5 Å². The number of phenolic OH excluding ortho intramolecular Hbond substituents is 1. The molecule has 0 aliphatic rings. The monoisotopic (exact) mass is 548 g/mol. The molecule has 1 heterocycles. The molecule has 0 fully saturated rings. The highest BCUT2D eigenvalue weighted by atomic mass is 16.5. The molecule has 11 nitrogen and oxygen atoms in total. The number of carbonyl (C=O) groups is 3. The maximum absolute atomic E-state index is 13.3. The maximum atomic E-state index is 13.3. The van der Waals surface area contributed by atoms with Crippen molar-refractivity contribution in [3.05, 3.63) is 108 Å². The summed E-state index contributed by atoms with van der Waals surface area (Å²) in [6.45, 7) is 0. The molecule has 11 heteroatoms. The van der Waals surface area contributed by atoms with E-state index in [0.29, 0.717) is 27.7 Å². The number of aryl methyl sites for hydroxylation is 1. The molecular weight excluding hydrogens is 524 g/mol. The molecule has 0 saturated carbocycles. The van der Waals surface area contributed by atoms with Crippen molar-refractivity contribution in [3.63, 3.8) is 0 Å². The van der Waals surface area contributed by atoms with Gasteiger partial charge in [-0.2, -0.15) is 5.10 Å². The molecule has 0 bridgehead atoms. The second-order valence-corrected chi connectivity index (χ2v) is 8.89. The van der Waals surface area contributed by atoms with Crippen LogP contribution in [0.3, 0.4) is 0 Å². The van der Waals surface area contributed by atoms with E-state index in [-0.39, 0.29) is 28.5 Å². The van der Waals surface area contributed by atoms with E-state index in [0.717, 1.165) is 0 Å². The number of esters is 1. The number of ether oxygens (including phenoxy) is 1. The zero-order chi connectivity index (χ0) is 28.9. The average molecular weight is 549 g/mol. The first-order valence-corrected chi connectivity index (χ1v) is 12.4. The molecule has 4 aromatic carbocycles. The van der Waals surface area contributed by atoms with E-state index in [1.165, 1.54) is 24.1 Å². The average Bonchev–Trinajstić information content (AvgIpc) is 3.36. The molecule has 0 spiro atoms. The van der Waals surface area contributed by atoms with Gasteiger partial charge in [0, 0.05) is 29.4 Å². The lowest BCUT2D eigenvalue weighted by Gasteiger charge is -2.12. The fourth-order valence-corrected chi connectivity index (χ4v) is 4.14. The Bertz CT molecular complexity index is 1800. The number of hydrogen-bond donors (Lipinski definition) is 3. The molecule has 0 aliphatic carbocycles. The number of carbonyl (C=O) groups excluding carboxylic acids is 3. The van der Waals surface area contributed by atoms with E-state index < -0.39 is 17.6 Å². The van der Waals surface area contributed by atoms with Crippen molar-refractivity contribution in [2.75, 3.05) is 17.7 Å². The van der Waals surface area contributed by atoms with Crippen molar-refractivity contribution in [3.8, 4) is 5.75 Å². The smallest absolute Gasteiger partial charge is 0.343 e. The number of para-hydroxylation sites is 2. The predicted octanol–water partition coefficient (Wildman–Crippen LogP) is 5.99. The normalized spacial score (nSPS) is 11.0. The number of methoxy groups -OCH3 is 1. The molecule has 5 aromatic rings. The summed E-state index contributed by atoms with van der Waals surface area (Å²) in [6, 6.07) is 24.0. The number of rotatable bonds is 7. The first-order valence-electron chi connectivity index (χ1n) is 12.4. The van der Waals surface area contributed by atoms with Gasteiger partial charge in [-0.1, -0.05) is 42.5 Å². The molecule has 5 rings (SSSR count). The minimum absolute atomic E-state index is 0.0345. The third kappa shape index (κ3) is 5.64. The van der Waals surface area contributed by atoms with Crippen LogP contribution in [0.5, 0.6) is 5.75 Å². The largest absolute Gasteiger partial charge is 0.505 e. The molecule has 1 aromatic heterocycles. The maximum Gasteiger partial charge on any atom is 0.343 e. The predicted molar refractivity (Wildman–Crippen MR) is 153 cm³/mol. The minimum Gasteiger partial charge on any atom is -0.505 e. The van der Waals surface area contributed by atoms with Crippen LogP contribution in [0, 0.1) is 0 Å². The lowest BCUT2D eigenvalue weighted by Crippen LogP contribution is -2.13. The van der Waals surface area contributed by atoms with Crippen LogP contribution in [0.4, 0.5) is 22.9 Å². The fraction of sp³-hybridized carbons (Fsp3) is 0.0667. The number of nitrogens with one attached hydrogen (secondary N) is 2. The first kappa shape index (κ1) is 26.8. The van der Waals surface area contributed by atoms with Gasteiger partial charge in [0.05, 0.1) is 18.9 Å². The summed E-state index contributed by atoms with van der Waals surface area (Å²) in [4.78, 5) is 38.4. The Morgan fingerprint density at radius 3 is 2.10 bits per heavy atom. The second-order valence-electron chi connectivity index (χ2n) is 8.89. The molecule has 3 N–H and O–H groups in total. The number of nitrogens with zero attached hydrogens (tertiary/aromatic N) is 4. The van der Waals surface area contributed by atoms with Gasteiger partial charge >= 0.3 is 5.97 Å². The number of anilines is 2. The van der Waals surface area contributed by atoms with Crippen LogP contribution in [-0.2, 0) is 11.8 Å². The number of fused-ring (bicyclic) bond motifs is 1. The van der Waals surface area contributed by atoms with E-state index in [1.807, 2.05) is 24.3 Å².